The highest BCUT2D eigenvalue weighted by Crippen LogP contribution is 2.32. The largest absolute Gasteiger partial charge is 0.496 e. The van der Waals surface area contributed by atoms with Crippen molar-refractivity contribution < 1.29 is 13.9 Å². The van der Waals surface area contributed by atoms with Crippen LogP contribution >= 0.6 is 12.4 Å². The van der Waals surface area contributed by atoms with Gasteiger partial charge in [-0.25, -0.2) is 0 Å². The van der Waals surface area contributed by atoms with Crippen LogP contribution in [0.1, 0.15) is 22.0 Å². The van der Waals surface area contributed by atoms with Gasteiger partial charge in [0.1, 0.15) is 17.6 Å². The fourth-order valence-electron chi connectivity index (χ4n) is 3.47. The van der Waals surface area contributed by atoms with Crippen molar-refractivity contribution in [3.63, 3.8) is 0 Å². The lowest BCUT2D eigenvalue weighted by atomic mass is 10.0. The molecule has 1 saturated heterocycles. The second-order valence-electron chi connectivity index (χ2n) is 6.11. The minimum Gasteiger partial charge on any atom is -0.496 e. The SMILES string of the molecule is COc1ccccc1C1CNCCN1C(=O)c1coc2ccccc12.Cl. The summed E-state index contributed by atoms with van der Waals surface area (Å²) in [6, 6.07) is 15.4. The molecule has 2 heterocycles. The first-order chi connectivity index (χ1) is 12.3. The fourth-order valence-corrected chi connectivity index (χ4v) is 3.47. The van der Waals surface area contributed by atoms with Crippen molar-refractivity contribution in [1.29, 1.82) is 0 Å². The van der Waals surface area contributed by atoms with Crippen LogP contribution in [0.2, 0.25) is 0 Å². The molecular weight excluding hydrogens is 352 g/mol. The van der Waals surface area contributed by atoms with Crippen molar-refractivity contribution in [2.45, 2.75) is 6.04 Å². The van der Waals surface area contributed by atoms with Crippen molar-refractivity contribution in [3.05, 3.63) is 65.9 Å². The van der Waals surface area contributed by atoms with Gasteiger partial charge in [-0.3, -0.25) is 4.79 Å². The van der Waals surface area contributed by atoms with Gasteiger partial charge in [0.15, 0.2) is 0 Å². The number of fused-ring (bicyclic) bond motifs is 1. The number of nitrogens with one attached hydrogen (secondary N) is 1. The van der Waals surface area contributed by atoms with Crippen LogP contribution in [0.4, 0.5) is 0 Å². The summed E-state index contributed by atoms with van der Waals surface area (Å²) in [4.78, 5) is 15.2. The number of para-hydroxylation sites is 2. The summed E-state index contributed by atoms with van der Waals surface area (Å²) in [6.45, 7) is 2.11. The first kappa shape index (κ1) is 18.3. The Morgan fingerprint density at radius 1 is 1.19 bits per heavy atom. The number of furan rings is 1. The highest BCUT2D eigenvalue weighted by atomic mass is 35.5. The van der Waals surface area contributed by atoms with Gasteiger partial charge in [-0.1, -0.05) is 36.4 Å². The van der Waals surface area contributed by atoms with Crippen LogP contribution in [0.5, 0.6) is 5.75 Å². The number of nitrogens with zero attached hydrogens (tertiary/aromatic N) is 1. The molecule has 0 bridgehead atoms. The zero-order valence-electron chi connectivity index (χ0n) is 14.5. The lowest BCUT2D eigenvalue weighted by Crippen LogP contribution is -2.48. The Bertz CT molecular complexity index is 909. The molecule has 3 aromatic rings. The third-order valence-corrected chi connectivity index (χ3v) is 4.71. The number of halogens is 1. The van der Waals surface area contributed by atoms with E-state index in [9.17, 15) is 4.79 Å². The first-order valence-electron chi connectivity index (χ1n) is 8.40. The number of carbonyl (C=O) groups excluding carboxylic acids is 1. The molecule has 26 heavy (non-hydrogen) atoms. The van der Waals surface area contributed by atoms with Gasteiger partial charge in [0.05, 0.1) is 18.7 Å². The fraction of sp³-hybridized carbons (Fsp3) is 0.250. The zero-order chi connectivity index (χ0) is 17.2. The average molecular weight is 373 g/mol. The van der Waals surface area contributed by atoms with Crippen LogP contribution in [-0.4, -0.2) is 37.6 Å². The molecule has 5 nitrogen and oxygen atoms in total. The quantitative estimate of drug-likeness (QED) is 0.762. The number of methoxy groups -OCH3 is 1. The predicted octanol–water partition coefficient (Wildman–Crippen LogP) is 3.65. The number of amides is 1. The van der Waals surface area contributed by atoms with Gasteiger partial charge in [-0.05, 0) is 12.1 Å². The van der Waals surface area contributed by atoms with E-state index >= 15 is 0 Å². The van der Waals surface area contributed by atoms with Crippen molar-refractivity contribution in [3.8, 4) is 5.75 Å². The number of hydrogen-bond acceptors (Lipinski definition) is 4. The van der Waals surface area contributed by atoms with Crippen molar-refractivity contribution in [1.82, 2.24) is 10.2 Å². The highest BCUT2D eigenvalue weighted by molar-refractivity contribution is 6.06. The minimum atomic E-state index is -0.0777. The van der Waals surface area contributed by atoms with Crippen LogP contribution in [-0.2, 0) is 0 Å². The molecule has 1 aliphatic heterocycles. The van der Waals surface area contributed by atoms with Gasteiger partial charge in [-0.15, -0.1) is 12.4 Å². The molecule has 1 amide bonds. The monoisotopic (exact) mass is 372 g/mol. The van der Waals surface area contributed by atoms with E-state index < -0.39 is 0 Å². The molecule has 0 radical (unpaired) electrons. The molecule has 0 spiro atoms. The summed E-state index contributed by atoms with van der Waals surface area (Å²) in [5.74, 6) is 0.786. The normalized spacial score (nSPS) is 17.0. The highest BCUT2D eigenvalue weighted by Gasteiger charge is 2.31. The molecule has 1 fully saturated rings. The van der Waals surface area contributed by atoms with E-state index in [-0.39, 0.29) is 24.4 Å². The molecule has 4 rings (SSSR count). The third kappa shape index (κ3) is 3.16. The second kappa shape index (κ2) is 7.81. The summed E-state index contributed by atoms with van der Waals surface area (Å²) in [6.07, 6.45) is 1.56. The standard InChI is InChI=1S/C20H20N2O3.ClH/c1-24-18-8-4-3-7-15(18)17-12-21-10-11-22(17)20(23)16-13-25-19-9-5-2-6-14(16)19;/h2-9,13,17,21H,10-12H2,1H3;1H. The Morgan fingerprint density at radius 3 is 2.81 bits per heavy atom. The molecule has 0 saturated carbocycles. The number of benzene rings is 2. The molecular formula is C20H21ClN2O3. The van der Waals surface area contributed by atoms with E-state index in [0.29, 0.717) is 18.7 Å². The molecule has 6 heteroatoms. The van der Waals surface area contributed by atoms with Crippen molar-refractivity contribution in [2.75, 3.05) is 26.7 Å². The number of hydrogen-bond donors (Lipinski definition) is 1. The topological polar surface area (TPSA) is 54.7 Å². The smallest absolute Gasteiger partial charge is 0.258 e. The van der Waals surface area contributed by atoms with Crippen molar-refractivity contribution in [2.24, 2.45) is 0 Å². The van der Waals surface area contributed by atoms with Crippen molar-refractivity contribution >= 4 is 29.3 Å². The molecule has 136 valence electrons. The van der Waals surface area contributed by atoms with E-state index in [4.69, 9.17) is 9.15 Å². The summed E-state index contributed by atoms with van der Waals surface area (Å²) in [5.41, 5.74) is 2.35. The van der Waals surface area contributed by atoms with Gasteiger partial charge in [0.25, 0.3) is 5.91 Å². The zero-order valence-corrected chi connectivity index (χ0v) is 15.3. The number of carbonyl (C=O) groups is 1. The molecule has 1 N–H and O–H groups in total. The van der Waals surface area contributed by atoms with E-state index in [0.717, 1.165) is 28.8 Å². The van der Waals surface area contributed by atoms with Gasteiger partial charge < -0.3 is 19.4 Å². The molecule has 1 unspecified atom stereocenters. The lowest BCUT2D eigenvalue weighted by molar-refractivity contribution is 0.0632. The van der Waals surface area contributed by atoms with Gasteiger partial charge >= 0.3 is 0 Å². The minimum absolute atomic E-state index is 0. The van der Waals surface area contributed by atoms with Crippen LogP contribution in [0, 0.1) is 0 Å². The van der Waals surface area contributed by atoms with E-state index in [1.165, 1.54) is 0 Å². The van der Waals surface area contributed by atoms with Gasteiger partial charge in [0, 0.05) is 30.6 Å². The molecule has 2 aromatic carbocycles. The van der Waals surface area contributed by atoms with Gasteiger partial charge in [0.2, 0.25) is 0 Å². The number of piperazine rings is 1. The summed E-state index contributed by atoms with van der Waals surface area (Å²) in [5, 5.41) is 4.23. The Labute approximate surface area is 158 Å². The van der Waals surface area contributed by atoms with Crippen LogP contribution in [0.25, 0.3) is 11.0 Å². The Kier molecular flexibility index (Phi) is 5.49. The van der Waals surface area contributed by atoms with E-state index in [1.807, 2.05) is 53.4 Å². The summed E-state index contributed by atoms with van der Waals surface area (Å²) < 4.78 is 11.1. The molecule has 1 aromatic heterocycles. The average Bonchev–Trinajstić information content (AvgIpc) is 3.11. The maximum atomic E-state index is 13.3. The Balaban J connectivity index is 0.00000196. The first-order valence-corrected chi connectivity index (χ1v) is 8.40. The Hall–Kier alpha value is -2.50. The number of ether oxygens (including phenoxy) is 1. The second-order valence-corrected chi connectivity index (χ2v) is 6.11. The van der Waals surface area contributed by atoms with Crippen LogP contribution < -0.4 is 10.1 Å². The Morgan fingerprint density at radius 2 is 1.96 bits per heavy atom. The van der Waals surface area contributed by atoms with E-state index in [1.54, 1.807) is 13.4 Å². The van der Waals surface area contributed by atoms with E-state index in [2.05, 4.69) is 5.32 Å². The maximum absolute atomic E-state index is 13.3. The molecule has 1 atom stereocenters. The molecule has 0 aliphatic carbocycles. The lowest BCUT2D eigenvalue weighted by Gasteiger charge is -2.37. The van der Waals surface area contributed by atoms with Crippen LogP contribution in [0.15, 0.2) is 59.2 Å². The van der Waals surface area contributed by atoms with Gasteiger partial charge in [-0.2, -0.15) is 0 Å². The number of rotatable bonds is 3. The molecule has 1 aliphatic rings. The summed E-state index contributed by atoms with van der Waals surface area (Å²) >= 11 is 0. The van der Waals surface area contributed by atoms with Crippen LogP contribution in [0.3, 0.4) is 0 Å². The third-order valence-electron chi connectivity index (χ3n) is 4.71. The predicted molar refractivity (Wildman–Crippen MR) is 103 cm³/mol. The maximum Gasteiger partial charge on any atom is 0.258 e. The summed E-state index contributed by atoms with van der Waals surface area (Å²) in [7, 11) is 1.66.